The molecule has 3 rings (SSSR count). The topological polar surface area (TPSA) is 86.4 Å². The molecule has 186 valence electrons. The molecular weight excluding hydrogens is 531 g/mol. The van der Waals surface area contributed by atoms with E-state index < -0.39 is 0 Å². The van der Waals surface area contributed by atoms with Crippen LogP contribution in [0.1, 0.15) is 38.2 Å². The lowest BCUT2D eigenvalue weighted by atomic mass is 10.1. The average molecular weight is 573 g/mol. The van der Waals surface area contributed by atoms with Crippen LogP contribution in [-0.4, -0.2) is 91.8 Å². The number of ether oxygens (including phenoxy) is 1. The minimum Gasteiger partial charge on any atom is -0.450 e. The quantitative estimate of drug-likeness (QED) is 0.205. The van der Waals surface area contributed by atoms with Crippen molar-refractivity contribution in [1.29, 1.82) is 0 Å². The molecule has 0 aliphatic carbocycles. The summed E-state index contributed by atoms with van der Waals surface area (Å²) in [5.41, 5.74) is 7.47. The summed E-state index contributed by atoms with van der Waals surface area (Å²) in [5, 5.41) is 3.31. The summed E-state index contributed by atoms with van der Waals surface area (Å²) in [6.45, 7) is 11.1. The van der Waals surface area contributed by atoms with E-state index in [-0.39, 0.29) is 36.1 Å². The van der Waals surface area contributed by atoms with Crippen molar-refractivity contribution in [3.63, 3.8) is 0 Å². The van der Waals surface area contributed by atoms with Gasteiger partial charge in [0.25, 0.3) is 0 Å². The van der Waals surface area contributed by atoms with Crippen LogP contribution in [0.5, 0.6) is 0 Å². The molecule has 0 radical (unpaired) electrons. The summed E-state index contributed by atoms with van der Waals surface area (Å²) in [5.74, 6) is 0.522. The van der Waals surface area contributed by atoms with Gasteiger partial charge in [-0.1, -0.05) is 30.3 Å². The molecule has 0 aromatic heterocycles. The zero-order chi connectivity index (χ0) is 22.6. The number of likely N-dealkylation sites (tertiary alicyclic amines) is 1. The Morgan fingerprint density at radius 3 is 2.39 bits per heavy atom. The lowest BCUT2D eigenvalue weighted by molar-refractivity contribution is 0.0963. The Balaban J connectivity index is 0.00000385. The number of benzene rings is 1. The highest BCUT2D eigenvalue weighted by atomic mass is 127. The van der Waals surface area contributed by atoms with E-state index in [4.69, 9.17) is 10.5 Å². The van der Waals surface area contributed by atoms with E-state index in [0.29, 0.717) is 25.7 Å². The lowest BCUT2D eigenvalue weighted by Gasteiger charge is -2.34. The number of hydrogen-bond acceptors (Lipinski definition) is 5. The molecule has 2 aliphatic rings. The molecule has 0 unspecified atom stereocenters. The van der Waals surface area contributed by atoms with Crippen molar-refractivity contribution < 1.29 is 9.53 Å². The standard InChI is InChI=1S/C24H40N6O2.HI/c1-2-32-24(31)30-14-10-22(11-15-30)27-23(25)26-12-6-7-13-28-16-18-29(19-17-28)20-21-8-4-3-5-9-21;/h3-5,8-9,22H,2,6-7,10-20H2,1H3,(H3,25,26,27);1H. The van der Waals surface area contributed by atoms with Crippen molar-refractivity contribution in [3.05, 3.63) is 35.9 Å². The highest BCUT2D eigenvalue weighted by Crippen LogP contribution is 2.12. The largest absolute Gasteiger partial charge is 0.450 e. The predicted octanol–water partition coefficient (Wildman–Crippen LogP) is 2.73. The van der Waals surface area contributed by atoms with Crippen LogP contribution in [0.25, 0.3) is 0 Å². The van der Waals surface area contributed by atoms with Gasteiger partial charge in [-0.05, 0) is 44.7 Å². The summed E-state index contributed by atoms with van der Waals surface area (Å²) in [4.78, 5) is 23.1. The third-order valence-corrected chi connectivity index (χ3v) is 6.25. The van der Waals surface area contributed by atoms with E-state index in [9.17, 15) is 4.79 Å². The maximum absolute atomic E-state index is 11.8. The fourth-order valence-electron chi connectivity index (χ4n) is 4.34. The second kappa shape index (κ2) is 15.3. The number of rotatable bonds is 9. The van der Waals surface area contributed by atoms with Gasteiger partial charge >= 0.3 is 6.09 Å². The molecule has 9 heteroatoms. The molecule has 0 saturated carbocycles. The van der Waals surface area contributed by atoms with Gasteiger partial charge in [0, 0.05) is 58.4 Å². The smallest absolute Gasteiger partial charge is 0.409 e. The third kappa shape index (κ3) is 10.1. The summed E-state index contributed by atoms with van der Waals surface area (Å²) in [6.07, 6.45) is 3.71. The van der Waals surface area contributed by atoms with Crippen LogP contribution in [-0.2, 0) is 11.3 Å². The number of carbonyl (C=O) groups is 1. The Labute approximate surface area is 215 Å². The van der Waals surface area contributed by atoms with Gasteiger partial charge in [0.1, 0.15) is 0 Å². The normalized spacial score (nSPS) is 18.6. The minimum absolute atomic E-state index is 0. The second-order valence-electron chi connectivity index (χ2n) is 8.68. The van der Waals surface area contributed by atoms with Crippen LogP contribution in [0.3, 0.4) is 0 Å². The molecule has 33 heavy (non-hydrogen) atoms. The third-order valence-electron chi connectivity index (χ3n) is 6.25. The molecule has 1 aromatic carbocycles. The highest BCUT2D eigenvalue weighted by molar-refractivity contribution is 14.0. The maximum atomic E-state index is 11.8. The number of piperidine rings is 1. The van der Waals surface area contributed by atoms with Crippen molar-refractivity contribution in [1.82, 2.24) is 20.0 Å². The molecule has 1 aromatic rings. The van der Waals surface area contributed by atoms with Gasteiger partial charge in [0.05, 0.1) is 6.61 Å². The predicted molar refractivity (Wildman–Crippen MR) is 144 cm³/mol. The van der Waals surface area contributed by atoms with Gasteiger partial charge in [0.15, 0.2) is 5.96 Å². The number of nitrogens with one attached hydrogen (secondary N) is 1. The first-order valence-electron chi connectivity index (χ1n) is 12.1. The number of halogens is 1. The molecule has 0 atom stereocenters. The molecule has 0 bridgehead atoms. The molecule has 3 N–H and O–H groups in total. The first-order valence-corrected chi connectivity index (χ1v) is 12.1. The number of amides is 1. The molecule has 2 fully saturated rings. The number of piperazine rings is 1. The van der Waals surface area contributed by atoms with E-state index in [1.807, 2.05) is 6.92 Å². The fraction of sp³-hybridized carbons (Fsp3) is 0.667. The number of hydrogen-bond donors (Lipinski definition) is 2. The van der Waals surface area contributed by atoms with Crippen LogP contribution < -0.4 is 11.1 Å². The van der Waals surface area contributed by atoms with Gasteiger partial charge in [-0.3, -0.25) is 9.89 Å². The van der Waals surface area contributed by atoms with Crippen LogP contribution in [0.2, 0.25) is 0 Å². The van der Waals surface area contributed by atoms with E-state index >= 15 is 0 Å². The van der Waals surface area contributed by atoms with E-state index in [1.165, 1.54) is 5.56 Å². The second-order valence-corrected chi connectivity index (χ2v) is 8.68. The van der Waals surface area contributed by atoms with Crippen LogP contribution in [0.4, 0.5) is 4.79 Å². The van der Waals surface area contributed by atoms with Gasteiger partial charge in [-0.25, -0.2) is 4.79 Å². The van der Waals surface area contributed by atoms with Gasteiger partial charge in [-0.15, -0.1) is 24.0 Å². The molecule has 2 saturated heterocycles. The minimum atomic E-state index is -0.217. The Hall–Kier alpha value is -1.59. The summed E-state index contributed by atoms with van der Waals surface area (Å²) >= 11 is 0. The highest BCUT2D eigenvalue weighted by Gasteiger charge is 2.23. The maximum Gasteiger partial charge on any atom is 0.409 e. The number of guanidine groups is 1. The van der Waals surface area contributed by atoms with Crippen molar-refractivity contribution in [2.75, 3.05) is 59.0 Å². The fourth-order valence-corrected chi connectivity index (χ4v) is 4.34. The summed E-state index contributed by atoms with van der Waals surface area (Å²) in [7, 11) is 0. The van der Waals surface area contributed by atoms with E-state index in [1.54, 1.807) is 4.90 Å². The molecule has 2 aliphatic heterocycles. The summed E-state index contributed by atoms with van der Waals surface area (Å²) in [6, 6.07) is 11.0. The van der Waals surface area contributed by atoms with Crippen molar-refractivity contribution >= 4 is 36.0 Å². The van der Waals surface area contributed by atoms with E-state index in [0.717, 1.165) is 71.5 Å². The Bertz CT molecular complexity index is 704. The number of unbranched alkanes of at least 4 members (excludes halogenated alkanes) is 1. The average Bonchev–Trinajstić information content (AvgIpc) is 2.81. The number of nitrogens with zero attached hydrogens (tertiary/aromatic N) is 4. The zero-order valence-corrected chi connectivity index (χ0v) is 22.3. The Kier molecular flexibility index (Phi) is 12.9. The van der Waals surface area contributed by atoms with Crippen LogP contribution in [0.15, 0.2) is 35.3 Å². The number of aliphatic imine (C=N–C) groups is 1. The number of nitrogens with two attached hydrogens (primary N) is 1. The SMILES string of the molecule is CCOC(=O)N1CCC(NC(N)=NCCCCN2CCN(Cc3ccccc3)CC2)CC1.I. The number of carbonyl (C=O) groups excluding carboxylic acids is 1. The van der Waals surface area contributed by atoms with Crippen molar-refractivity contribution in [2.45, 2.75) is 45.2 Å². The van der Waals surface area contributed by atoms with Crippen LogP contribution >= 0.6 is 24.0 Å². The van der Waals surface area contributed by atoms with Crippen LogP contribution in [0, 0.1) is 0 Å². The van der Waals surface area contributed by atoms with E-state index in [2.05, 4.69) is 50.4 Å². The molecule has 1 amide bonds. The molecular formula is C24H41IN6O2. The zero-order valence-electron chi connectivity index (χ0n) is 20.0. The molecule has 2 heterocycles. The van der Waals surface area contributed by atoms with Gasteiger partial charge in [-0.2, -0.15) is 0 Å². The molecule has 8 nitrogen and oxygen atoms in total. The van der Waals surface area contributed by atoms with Crippen molar-refractivity contribution in [3.8, 4) is 0 Å². The van der Waals surface area contributed by atoms with Crippen molar-refractivity contribution in [2.24, 2.45) is 10.7 Å². The van der Waals surface area contributed by atoms with Gasteiger partial charge < -0.3 is 25.6 Å². The first kappa shape index (κ1) is 27.7. The summed E-state index contributed by atoms with van der Waals surface area (Å²) < 4.78 is 5.06. The monoisotopic (exact) mass is 572 g/mol. The van der Waals surface area contributed by atoms with Gasteiger partial charge in [0.2, 0.25) is 0 Å². The first-order chi connectivity index (χ1) is 15.6. The Morgan fingerprint density at radius 2 is 1.73 bits per heavy atom. The molecule has 0 spiro atoms. The lowest BCUT2D eigenvalue weighted by Crippen LogP contribution is -2.48. The Morgan fingerprint density at radius 1 is 1.06 bits per heavy atom.